The van der Waals surface area contributed by atoms with Gasteiger partial charge in [0.15, 0.2) is 5.78 Å². The number of ketones is 1. The maximum absolute atomic E-state index is 11.9. The van der Waals surface area contributed by atoms with E-state index in [1.165, 1.54) is 0 Å². The first-order chi connectivity index (χ1) is 7.68. The standard InChI is InChI=1S/C12H12Cl2O2/c13-9-3-1-4-10(14)8(9)7-11(15)12-5-2-6-16-12/h1,3-4,12H,2,5-7H2. The van der Waals surface area contributed by atoms with Crippen LogP contribution >= 0.6 is 23.2 Å². The number of hydrogen-bond donors (Lipinski definition) is 0. The summed E-state index contributed by atoms with van der Waals surface area (Å²) in [7, 11) is 0. The van der Waals surface area contributed by atoms with Gasteiger partial charge in [0, 0.05) is 23.1 Å². The summed E-state index contributed by atoms with van der Waals surface area (Å²) in [5.74, 6) is 0.0625. The molecule has 1 heterocycles. The Balaban J connectivity index is 2.11. The molecule has 0 spiro atoms. The lowest BCUT2D eigenvalue weighted by Crippen LogP contribution is -2.21. The Morgan fingerprint density at radius 1 is 1.38 bits per heavy atom. The molecular weight excluding hydrogens is 247 g/mol. The average Bonchev–Trinajstić information content (AvgIpc) is 2.76. The predicted molar refractivity (Wildman–Crippen MR) is 64.1 cm³/mol. The van der Waals surface area contributed by atoms with E-state index in [0.29, 0.717) is 22.2 Å². The van der Waals surface area contributed by atoms with Crippen LogP contribution in [-0.2, 0) is 16.0 Å². The van der Waals surface area contributed by atoms with E-state index in [1.54, 1.807) is 18.2 Å². The highest BCUT2D eigenvalue weighted by atomic mass is 35.5. The maximum atomic E-state index is 11.9. The van der Waals surface area contributed by atoms with Gasteiger partial charge in [-0.2, -0.15) is 0 Å². The smallest absolute Gasteiger partial charge is 0.166 e. The molecule has 4 heteroatoms. The zero-order valence-electron chi connectivity index (χ0n) is 8.71. The summed E-state index contributed by atoms with van der Waals surface area (Å²) < 4.78 is 5.33. The second-order valence-corrected chi connectivity index (χ2v) is 4.66. The summed E-state index contributed by atoms with van der Waals surface area (Å²) in [5.41, 5.74) is 0.700. The third kappa shape index (κ3) is 2.57. The number of carbonyl (C=O) groups excluding carboxylic acids is 1. The summed E-state index contributed by atoms with van der Waals surface area (Å²) in [4.78, 5) is 11.9. The summed E-state index contributed by atoms with van der Waals surface area (Å²) in [5, 5.41) is 1.08. The van der Waals surface area contributed by atoms with Crippen LogP contribution < -0.4 is 0 Å². The summed E-state index contributed by atoms with van der Waals surface area (Å²) in [6.07, 6.45) is 1.74. The predicted octanol–water partition coefficient (Wildman–Crippen LogP) is 3.28. The first kappa shape index (κ1) is 11.9. The molecule has 1 atom stereocenters. The molecule has 1 aliphatic rings. The van der Waals surface area contributed by atoms with E-state index < -0.39 is 0 Å². The van der Waals surface area contributed by atoms with Crippen LogP contribution in [0.3, 0.4) is 0 Å². The SMILES string of the molecule is O=C(Cc1c(Cl)cccc1Cl)C1CCCO1. The maximum Gasteiger partial charge on any atom is 0.166 e. The molecule has 0 amide bonds. The molecule has 1 unspecified atom stereocenters. The van der Waals surface area contributed by atoms with Gasteiger partial charge < -0.3 is 4.74 Å². The van der Waals surface area contributed by atoms with Crippen LogP contribution in [0.15, 0.2) is 18.2 Å². The zero-order valence-corrected chi connectivity index (χ0v) is 10.2. The van der Waals surface area contributed by atoms with E-state index in [4.69, 9.17) is 27.9 Å². The second kappa shape index (κ2) is 5.17. The third-order valence-corrected chi connectivity index (χ3v) is 3.41. The lowest BCUT2D eigenvalue weighted by molar-refractivity contribution is -0.127. The minimum atomic E-state index is -0.271. The first-order valence-corrected chi connectivity index (χ1v) is 6.01. The molecule has 0 saturated carbocycles. The molecule has 1 aromatic rings. The van der Waals surface area contributed by atoms with Crippen LogP contribution in [0.2, 0.25) is 10.0 Å². The fourth-order valence-electron chi connectivity index (χ4n) is 1.82. The molecule has 86 valence electrons. The molecule has 0 aliphatic carbocycles. The monoisotopic (exact) mass is 258 g/mol. The van der Waals surface area contributed by atoms with Crippen molar-refractivity contribution in [1.29, 1.82) is 0 Å². The average molecular weight is 259 g/mol. The number of benzene rings is 1. The van der Waals surface area contributed by atoms with Gasteiger partial charge in [-0.05, 0) is 30.5 Å². The number of carbonyl (C=O) groups is 1. The number of Topliss-reactive ketones (excluding diaryl/α,β-unsaturated/α-hetero) is 1. The van der Waals surface area contributed by atoms with Gasteiger partial charge in [-0.25, -0.2) is 0 Å². The van der Waals surface area contributed by atoms with Gasteiger partial charge in [-0.3, -0.25) is 4.79 Å². The molecule has 1 aromatic carbocycles. The molecule has 0 aromatic heterocycles. The molecule has 0 radical (unpaired) electrons. The van der Waals surface area contributed by atoms with Crippen molar-refractivity contribution in [2.24, 2.45) is 0 Å². The molecule has 1 aliphatic heterocycles. The lowest BCUT2D eigenvalue weighted by atomic mass is 10.0. The van der Waals surface area contributed by atoms with Crippen LogP contribution in [0.1, 0.15) is 18.4 Å². The van der Waals surface area contributed by atoms with Crippen molar-refractivity contribution in [3.05, 3.63) is 33.8 Å². The largest absolute Gasteiger partial charge is 0.370 e. The lowest BCUT2D eigenvalue weighted by Gasteiger charge is -2.10. The van der Waals surface area contributed by atoms with Crippen LogP contribution in [-0.4, -0.2) is 18.5 Å². The number of hydrogen-bond acceptors (Lipinski definition) is 2. The number of rotatable bonds is 3. The van der Waals surface area contributed by atoms with Crippen molar-refractivity contribution in [2.45, 2.75) is 25.4 Å². The van der Waals surface area contributed by atoms with Gasteiger partial charge in [-0.15, -0.1) is 0 Å². The fraction of sp³-hybridized carbons (Fsp3) is 0.417. The molecule has 0 bridgehead atoms. The quantitative estimate of drug-likeness (QED) is 0.832. The Labute approximate surface area is 104 Å². The summed E-state index contributed by atoms with van der Waals surface area (Å²) in [6.45, 7) is 0.673. The molecule has 2 nitrogen and oxygen atoms in total. The van der Waals surface area contributed by atoms with Crippen molar-refractivity contribution >= 4 is 29.0 Å². The Morgan fingerprint density at radius 2 is 2.06 bits per heavy atom. The van der Waals surface area contributed by atoms with Gasteiger partial charge in [0.05, 0.1) is 0 Å². The van der Waals surface area contributed by atoms with Gasteiger partial charge in [0.1, 0.15) is 6.10 Å². The highest BCUT2D eigenvalue weighted by Gasteiger charge is 2.24. The Kier molecular flexibility index (Phi) is 3.85. The van der Waals surface area contributed by atoms with E-state index in [1.807, 2.05) is 0 Å². The van der Waals surface area contributed by atoms with E-state index in [9.17, 15) is 4.79 Å². The van der Waals surface area contributed by atoms with Crippen LogP contribution in [0.5, 0.6) is 0 Å². The van der Waals surface area contributed by atoms with Gasteiger partial charge in [0.25, 0.3) is 0 Å². The minimum absolute atomic E-state index is 0.0625. The zero-order chi connectivity index (χ0) is 11.5. The third-order valence-electron chi connectivity index (χ3n) is 2.70. The molecule has 2 rings (SSSR count). The van der Waals surface area contributed by atoms with E-state index >= 15 is 0 Å². The highest BCUT2D eigenvalue weighted by molar-refractivity contribution is 6.36. The Bertz CT molecular complexity index is 378. The van der Waals surface area contributed by atoms with Crippen LogP contribution in [0.4, 0.5) is 0 Å². The molecular formula is C12H12Cl2O2. The normalized spacial score (nSPS) is 20.0. The molecule has 0 N–H and O–H groups in total. The minimum Gasteiger partial charge on any atom is -0.370 e. The van der Waals surface area contributed by atoms with Crippen LogP contribution in [0, 0.1) is 0 Å². The Morgan fingerprint density at radius 3 is 2.62 bits per heavy atom. The Hall–Kier alpha value is -0.570. The van der Waals surface area contributed by atoms with Crippen molar-refractivity contribution in [3.63, 3.8) is 0 Å². The second-order valence-electron chi connectivity index (χ2n) is 3.84. The summed E-state index contributed by atoms with van der Waals surface area (Å²) >= 11 is 12.0. The topological polar surface area (TPSA) is 26.3 Å². The van der Waals surface area contributed by atoms with Gasteiger partial charge in [-0.1, -0.05) is 29.3 Å². The van der Waals surface area contributed by atoms with Gasteiger partial charge in [0.2, 0.25) is 0 Å². The van der Waals surface area contributed by atoms with E-state index in [2.05, 4.69) is 0 Å². The fourth-order valence-corrected chi connectivity index (χ4v) is 2.35. The number of ether oxygens (including phenoxy) is 1. The first-order valence-electron chi connectivity index (χ1n) is 5.25. The molecule has 1 fully saturated rings. The van der Waals surface area contributed by atoms with Crippen molar-refractivity contribution < 1.29 is 9.53 Å². The highest BCUT2D eigenvalue weighted by Crippen LogP contribution is 2.26. The summed E-state index contributed by atoms with van der Waals surface area (Å²) in [6, 6.07) is 5.25. The van der Waals surface area contributed by atoms with Crippen molar-refractivity contribution in [3.8, 4) is 0 Å². The molecule has 1 saturated heterocycles. The van der Waals surface area contributed by atoms with Crippen molar-refractivity contribution in [1.82, 2.24) is 0 Å². The van der Waals surface area contributed by atoms with Crippen molar-refractivity contribution in [2.75, 3.05) is 6.61 Å². The number of halogens is 2. The van der Waals surface area contributed by atoms with Gasteiger partial charge >= 0.3 is 0 Å². The molecule has 16 heavy (non-hydrogen) atoms. The van der Waals surface area contributed by atoms with Crippen LogP contribution in [0.25, 0.3) is 0 Å². The van der Waals surface area contributed by atoms with E-state index in [-0.39, 0.29) is 18.3 Å². The van der Waals surface area contributed by atoms with E-state index in [0.717, 1.165) is 12.8 Å².